The number of allylic oxidation sites excluding steroid dienone is 1. The smallest absolute Gasteiger partial charge is 0.200 e. The number of hydrogen-bond acceptors (Lipinski definition) is 8. The van der Waals surface area contributed by atoms with Crippen molar-refractivity contribution in [2.24, 2.45) is 0 Å². The lowest BCUT2D eigenvalue weighted by molar-refractivity contribution is 0.420. The first-order valence-electron chi connectivity index (χ1n) is 8.49. The molecule has 7 nitrogen and oxygen atoms in total. The van der Waals surface area contributed by atoms with E-state index in [4.69, 9.17) is 4.42 Å². The molecule has 0 saturated heterocycles. The van der Waals surface area contributed by atoms with Crippen LogP contribution in [-0.2, 0) is 6.54 Å². The number of benzene rings is 1. The average Bonchev–Trinajstić information content (AvgIpc) is 3.44. The average molecular weight is 409 g/mol. The van der Waals surface area contributed by atoms with E-state index in [1.165, 1.54) is 23.1 Å². The van der Waals surface area contributed by atoms with Crippen molar-refractivity contribution in [2.45, 2.75) is 18.6 Å². The van der Waals surface area contributed by atoms with Crippen LogP contribution in [0.25, 0.3) is 27.4 Å². The molecule has 0 radical (unpaired) electrons. The molecule has 0 aliphatic heterocycles. The number of thioether (sulfide) groups is 1. The van der Waals surface area contributed by atoms with Gasteiger partial charge in [0, 0.05) is 6.54 Å². The van der Waals surface area contributed by atoms with Crippen LogP contribution in [-0.4, -0.2) is 30.6 Å². The van der Waals surface area contributed by atoms with Gasteiger partial charge >= 0.3 is 0 Å². The van der Waals surface area contributed by atoms with E-state index < -0.39 is 0 Å². The van der Waals surface area contributed by atoms with Crippen LogP contribution in [0.2, 0.25) is 0 Å². The highest BCUT2D eigenvalue weighted by Crippen LogP contribution is 2.30. The summed E-state index contributed by atoms with van der Waals surface area (Å²) in [7, 11) is 0. The fourth-order valence-electron chi connectivity index (χ4n) is 2.69. The summed E-state index contributed by atoms with van der Waals surface area (Å²) >= 11 is 2.69. The lowest BCUT2D eigenvalue weighted by atomic mass is 10.2. The summed E-state index contributed by atoms with van der Waals surface area (Å²) in [5.41, 5.74) is 0.993. The Labute approximate surface area is 169 Å². The Kier molecular flexibility index (Phi) is 5.14. The second-order valence-electron chi connectivity index (χ2n) is 5.74. The van der Waals surface area contributed by atoms with Crippen LogP contribution < -0.4 is 0 Å². The topological polar surface area (TPSA) is 101 Å². The molecule has 28 heavy (non-hydrogen) atoms. The van der Waals surface area contributed by atoms with Crippen molar-refractivity contribution in [3.05, 3.63) is 53.4 Å². The van der Waals surface area contributed by atoms with Gasteiger partial charge in [-0.05, 0) is 31.2 Å². The van der Waals surface area contributed by atoms with Gasteiger partial charge in [0.05, 0.1) is 22.2 Å². The van der Waals surface area contributed by atoms with E-state index in [0.29, 0.717) is 28.3 Å². The van der Waals surface area contributed by atoms with Crippen LogP contribution in [0.1, 0.15) is 11.9 Å². The van der Waals surface area contributed by atoms with E-state index in [1.54, 1.807) is 12.3 Å². The van der Waals surface area contributed by atoms with E-state index in [0.717, 1.165) is 10.2 Å². The highest BCUT2D eigenvalue weighted by atomic mass is 32.2. The zero-order valence-electron chi connectivity index (χ0n) is 14.9. The fraction of sp³-hybridized carbons (Fsp3) is 0.158. The molecule has 4 aromatic rings. The molecule has 0 amide bonds. The monoisotopic (exact) mass is 409 g/mol. The molecule has 3 heterocycles. The van der Waals surface area contributed by atoms with Gasteiger partial charge in [0.1, 0.15) is 22.4 Å². The van der Waals surface area contributed by atoms with Gasteiger partial charge in [0.25, 0.3) is 0 Å². The highest BCUT2D eigenvalue weighted by Gasteiger charge is 2.18. The first-order valence-corrected chi connectivity index (χ1v) is 10.3. The summed E-state index contributed by atoms with van der Waals surface area (Å²) < 4.78 is 8.28. The predicted molar refractivity (Wildman–Crippen MR) is 109 cm³/mol. The molecule has 3 aromatic heterocycles. The van der Waals surface area contributed by atoms with Gasteiger partial charge in [-0.2, -0.15) is 5.26 Å². The number of furan rings is 1. The molecule has 1 aromatic carbocycles. The second-order valence-corrected chi connectivity index (χ2v) is 7.71. The quantitative estimate of drug-likeness (QED) is 0.278. The summed E-state index contributed by atoms with van der Waals surface area (Å²) in [6.07, 6.45) is 1.59. The second kappa shape index (κ2) is 7.88. The van der Waals surface area contributed by atoms with Gasteiger partial charge < -0.3 is 9.52 Å². The normalized spacial score (nSPS) is 12.1. The lowest BCUT2D eigenvalue weighted by Crippen LogP contribution is -2.00. The summed E-state index contributed by atoms with van der Waals surface area (Å²) in [5.74, 6) is 1.42. The Bertz CT molecular complexity index is 1150. The highest BCUT2D eigenvalue weighted by molar-refractivity contribution is 7.99. The standard InChI is InChI=1S/C19H15N5O2S2/c1-2-24-17(15-7-5-9-26-15)22-23-19(24)27-11-14(25)12(10-20)18-21-13-6-3-4-8-16(13)28-18/h3-9,25H,2,11H2,1H3/b14-12-. The van der Waals surface area contributed by atoms with Crippen molar-refractivity contribution in [1.82, 2.24) is 19.7 Å². The van der Waals surface area contributed by atoms with Crippen molar-refractivity contribution in [2.75, 3.05) is 5.75 Å². The molecule has 1 N–H and O–H groups in total. The molecular formula is C19H15N5O2S2. The van der Waals surface area contributed by atoms with Crippen LogP contribution >= 0.6 is 23.1 Å². The zero-order valence-corrected chi connectivity index (χ0v) is 16.5. The molecule has 4 rings (SSSR count). The van der Waals surface area contributed by atoms with E-state index in [-0.39, 0.29) is 17.1 Å². The number of thiazole rings is 1. The SMILES string of the molecule is CCn1c(SC/C(O)=C(\C#N)c2nc3ccccc3s2)nnc1-c1ccco1. The number of hydrogen-bond donors (Lipinski definition) is 1. The van der Waals surface area contributed by atoms with E-state index in [9.17, 15) is 10.4 Å². The number of fused-ring (bicyclic) bond motifs is 1. The van der Waals surface area contributed by atoms with Gasteiger partial charge in [-0.1, -0.05) is 23.9 Å². The van der Waals surface area contributed by atoms with E-state index >= 15 is 0 Å². The number of nitrogens with zero attached hydrogens (tertiary/aromatic N) is 5. The third kappa shape index (κ3) is 3.40. The summed E-state index contributed by atoms with van der Waals surface area (Å²) in [5, 5.41) is 29.6. The molecule has 0 saturated carbocycles. The molecule has 0 aliphatic rings. The van der Waals surface area contributed by atoms with Crippen molar-refractivity contribution < 1.29 is 9.52 Å². The van der Waals surface area contributed by atoms with Gasteiger partial charge in [0.15, 0.2) is 16.7 Å². The number of aliphatic hydroxyl groups excluding tert-OH is 1. The van der Waals surface area contributed by atoms with Crippen LogP contribution in [0.3, 0.4) is 0 Å². The minimum Gasteiger partial charge on any atom is -0.510 e. The molecular weight excluding hydrogens is 394 g/mol. The predicted octanol–water partition coefficient (Wildman–Crippen LogP) is 4.75. The molecule has 0 aliphatic carbocycles. The minimum absolute atomic E-state index is 0.0308. The summed E-state index contributed by atoms with van der Waals surface area (Å²) in [6, 6.07) is 13.3. The maximum Gasteiger partial charge on any atom is 0.200 e. The summed E-state index contributed by atoms with van der Waals surface area (Å²) in [4.78, 5) is 4.45. The van der Waals surface area contributed by atoms with Crippen LogP contribution in [0.4, 0.5) is 0 Å². The molecule has 0 spiro atoms. The Morgan fingerprint density at radius 2 is 2.14 bits per heavy atom. The number of rotatable bonds is 6. The van der Waals surface area contributed by atoms with Crippen molar-refractivity contribution >= 4 is 38.9 Å². The third-order valence-corrected chi connectivity index (χ3v) is 6.05. The van der Waals surface area contributed by atoms with Gasteiger partial charge in [-0.25, -0.2) is 4.98 Å². The third-order valence-electron chi connectivity index (χ3n) is 4.02. The number of aromatic nitrogens is 4. The molecule has 0 fully saturated rings. The summed E-state index contributed by atoms with van der Waals surface area (Å²) in [6.45, 7) is 2.64. The van der Waals surface area contributed by atoms with Gasteiger partial charge in [-0.15, -0.1) is 21.5 Å². The first-order chi connectivity index (χ1) is 13.7. The molecule has 140 valence electrons. The molecule has 0 atom stereocenters. The molecule has 0 bridgehead atoms. The largest absolute Gasteiger partial charge is 0.510 e. The van der Waals surface area contributed by atoms with Gasteiger partial charge in [-0.3, -0.25) is 4.57 Å². The lowest BCUT2D eigenvalue weighted by Gasteiger charge is -2.06. The maximum atomic E-state index is 10.5. The minimum atomic E-state index is -0.0308. The number of nitriles is 1. The van der Waals surface area contributed by atoms with Crippen LogP contribution in [0.15, 0.2) is 58.0 Å². The Morgan fingerprint density at radius 1 is 1.29 bits per heavy atom. The van der Waals surface area contributed by atoms with Crippen molar-refractivity contribution in [3.63, 3.8) is 0 Å². The zero-order chi connectivity index (χ0) is 19.5. The molecule has 0 unspecified atom stereocenters. The molecule has 9 heteroatoms. The number of aliphatic hydroxyl groups is 1. The van der Waals surface area contributed by atoms with Crippen LogP contribution in [0, 0.1) is 11.3 Å². The van der Waals surface area contributed by atoms with Crippen molar-refractivity contribution in [1.29, 1.82) is 5.26 Å². The Hall–Kier alpha value is -3.09. The fourth-order valence-corrected chi connectivity index (χ4v) is 4.55. The van der Waals surface area contributed by atoms with Crippen molar-refractivity contribution in [3.8, 4) is 17.7 Å². The van der Waals surface area contributed by atoms with E-state index in [1.807, 2.05) is 41.8 Å². The number of para-hydroxylation sites is 1. The Morgan fingerprint density at radius 3 is 2.86 bits per heavy atom. The Balaban J connectivity index is 1.59. The first kappa shape index (κ1) is 18.3. The maximum absolute atomic E-state index is 10.5. The van der Waals surface area contributed by atoms with E-state index in [2.05, 4.69) is 21.3 Å². The van der Waals surface area contributed by atoms with Gasteiger partial charge in [0.2, 0.25) is 0 Å². The van der Waals surface area contributed by atoms with Crippen LogP contribution in [0.5, 0.6) is 0 Å².